The Morgan fingerprint density at radius 1 is 1.13 bits per heavy atom. The molecule has 2 aromatic rings. The third kappa shape index (κ3) is 4.78. The molecule has 0 aliphatic heterocycles. The number of nitrogens with zero attached hydrogens (tertiary/aromatic N) is 2. The first-order valence-electron chi connectivity index (χ1n) is 8.65. The fraction of sp³-hybridized carbons (Fsp3) is 0.316. The van der Waals surface area contributed by atoms with E-state index in [1.165, 1.54) is 7.05 Å². The number of sulfone groups is 1. The first kappa shape index (κ1) is 23.3. The normalized spacial score (nSPS) is 11.8. The van der Waals surface area contributed by atoms with Gasteiger partial charge in [0.05, 0.1) is 12.1 Å². The molecule has 0 saturated carbocycles. The number of pyridine rings is 1. The van der Waals surface area contributed by atoms with Crippen molar-refractivity contribution in [2.24, 2.45) is 0 Å². The molecule has 11 heteroatoms. The molecule has 0 fully saturated rings. The SMILES string of the molecule is Cc1cc(C)c(NC(=O)CN(C)C(=O)c2cccnc2S(=O)(=O)C(F)(F)F)c(C)c1. The Kier molecular flexibility index (Phi) is 6.55. The minimum absolute atomic E-state index is 0.508. The summed E-state index contributed by atoms with van der Waals surface area (Å²) < 4.78 is 62.2. The molecule has 30 heavy (non-hydrogen) atoms. The predicted octanol–water partition coefficient (Wildman–Crippen LogP) is 3.01. The zero-order valence-electron chi connectivity index (χ0n) is 16.7. The molecule has 2 amide bonds. The Morgan fingerprint density at radius 2 is 1.70 bits per heavy atom. The zero-order chi connectivity index (χ0) is 22.9. The third-order valence-corrected chi connectivity index (χ3v) is 5.67. The molecule has 0 bridgehead atoms. The molecule has 0 atom stereocenters. The number of amides is 2. The number of hydrogen-bond donors (Lipinski definition) is 1. The van der Waals surface area contributed by atoms with Gasteiger partial charge in [0.15, 0.2) is 5.03 Å². The maximum absolute atomic E-state index is 12.9. The first-order valence-corrected chi connectivity index (χ1v) is 10.1. The fourth-order valence-corrected chi connectivity index (χ4v) is 3.79. The number of aromatic nitrogens is 1. The summed E-state index contributed by atoms with van der Waals surface area (Å²) in [5.41, 5.74) is -3.21. The molecule has 1 heterocycles. The molecule has 0 aliphatic rings. The molecule has 162 valence electrons. The summed E-state index contributed by atoms with van der Waals surface area (Å²) >= 11 is 0. The molecule has 1 N–H and O–H groups in total. The second-order valence-electron chi connectivity index (χ2n) is 6.79. The number of carbonyl (C=O) groups excluding carboxylic acids is 2. The van der Waals surface area contributed by atoms with E-state index in [-0.39, 0.29) is 0 Å². The minimum atomic E-state index is -5.84. The molecule has 1 aromatic carbocycles. The van der Waals surface area contributed by atoms with Gasteiger partial charge in [-0.25, -0.2) is 13.4 Å². The number of alkyl halides is 3. The lowest BCUT2D eigenvalue weighted by atomic mass is 10.1. The van der Waals surface area contributed by atoms with Gasteiger partial charge in [0.2, 0.25) is 5.91 Å². The van der Waals surface area contributed by atoms with Crippen LogP contribution in [0.4, 0.5) is 18.9 Å². The maximum Gasteiger partial charge on any atom is 0.503 e. The van der Waals surface area contributed by atoms with E-state index in [1.807, 2.05) is 19.1 Å². The van der Waals surface area contributed by atoms with Crippen molar-refractivity contribution in [1.29, 1.82) is 0 Å². The number of nitrogens with one attached hydrogen (secondary N) is 1. The van der Waals surface area contributed by atoms with Crippen LogP contribution in [0.5, 0.6) is 0 Å². The van der Waals surface area contributed by atoms with Crippen molar-refractivity contribution in [2.45, 2.75) is 31.3 Å². The van der Waals surface area contributed by atoms with Gasteiger partial charge in [-0.1, -0.05) is 17.7 Å². The van der Waals surface area contributed by atoms with Crippen LogP contribution in [-0.2, 0) is 14.6 Å². The average molecular weight is 443 g/mol. The van der Waals surface area contributed by atoms with E-state index in [0.29, 0.717) is 5.69 Å². The van der Waals surface area contributed by atoms with Gasteiger partial charge < -0.3 is 10.2 Å². The number of carbonyl (C=O) groups is 2. The van der Waals surface area contributed by atoms with E-state index in [9.17, 15) is 31.2 Å². The van der Waals surface area contributed by atoms with E-state index in [4.69, 9.17) is 0 Å². The maximum atomic E-state index is 12.9. The number of benzene rings is 1. The quantitative estimate of drug-likeness (QED) is 0.766. The zero-order valence-corrected chi connectivity index (χ0v) is 17.5. The van der Waals surface area contributed by atoms with Gasteiger partial charge in [-0.05, 0) is 44.0 Å². The first-order chi connectivity index (χ1) is 13.8. The third-order valence-electron chi connectivity index (χ3n) is 4.23. The summed E-state index contributed by atoms with van der Waals surface area (Å²) in [5.74, 6) is -1.68. The number of rotatable bonds is 5. The van der Waals surface area contributed by atoms with Crippen molar-refractivity contribution in [3.05, 3.63) is 52.7 Å². The highest BCUT2D eigenvalue weighted by Gasteiger charge is 2.49. The molecule has 0 unspecified atom stereocenters. The van der Waals surface area contributed by atoms with Gasteiger partial charge >= 0.3 is 5.51 Å². The molecular weight excluding hydrogens is 423 g/mol. The standard InChI is InChI=1S/C19H20F3N3O4S/c1-11-8-12(2)16(13(3)9-11)24-15(26)10-25(4)18(27)14-6-5-7-23-17(14)30(28,29)19(20,21)22/h5-9H,10H2,1-4H3,(H,24,26). The largest absolute Gasteiger partial charge is 0.503 e. The summed E-state index contributed by atoms with van der Waals surface area (Å²) in [4.78, 5) is 29.0. The molecular formula is C19H20F3N3O4S. The van der Waals surface area contributed by atoms with Gasteiger partial charge in [-0.2, -0.15) is 13.2 Å². The lowest BCUT2D eigenvalue weighted by Crippen LogP contribution is -2.36. The van der Waals surface area contributed by atoms with E-state index in [2.05, 4.69) is 10.3 Å². The van der Waals surface area contributed by atoms with Crippen LogP contribution in [0.1, 0.15) is 27.0 Å². The Labute approximate surface area is 171 Å². The van der Waals surface area contributed by atoms with Crippen LogP contribution in [0.2, 0.25) is 0 Å². The highest BCUT2D eigenvalue weighted by Crippen LogP contribution is 2.31. The van der Waals surface area contributed by atoms with Crippen LogP contribution in [0.15, 0.2) is 35.5 Å². The van der Waals surface area contributed by atoms with Gasteiger partial charge in [-0.3, -0.25) is 9.59 Å². The van der Waals surface area contributed by atoms with Crippen LogP contribution in [-0.4, -0.2) is 49.2 Å². The summed E-state index contributed by atoms with van der Waals surface area (Å²) in [6.45, 7) is 4.99. The van der Waals surface area contributed by atoms with E-state index >= 15 is 0 Å². The Bertz CT molecular complexity index is 1080. The molecule has 7 nitrogen and oxygen atoms in total. The van der Waals surface area contributed by atoms with E-state index in [1.54, 1.807) is 13.8 Å². The van der Waals surface area contributed by atoms with Gasteiger partial charge in [0.25, 0.3) is 15.7 Å². The van der Waals surface area contributed by atoms with Crippen molar-refractivity contribution < 1.29 is 31.2 Å². The van der Waals surface area contributed by atoms with Crippen molar-refractivity contribution >= 4 is 27.3 Å². The van der Waals surface area contributed by atoms with Crippen LogP contribution in [0.25, 0.3) is 0 Å². The number of aryl methyl sites for hydroxylation is 3. The second kappa shape index (κ2) is 8.42. The lowest BCUT2D eigenvalue weighted by Gasteiger charge is -2.19. The van der Waals surface area contributed by atoms with Crippen molar-refractivity contribution in [2.75, 3.05) is 18.9 Å². The number of halogens is 3. The number of anilines is 1. The minimum Gasteiger partial charge on any atom is -0.332 e. The van der Waals surface area contributed by atoms with Gasteiger partial charge in [0.1, 0.15) is 0 Å². The van der Waals surface area contributed by atoms with Gasteiger partial charge in [0, 0.05) is 18.9 Å². The Morgan fingerprint density at radius 3 is 2.23 bits per heavy atom. The van der Waals surface area contributed by atoms with E-state index < -0.39 is 44.3 Å². The average Bonchev–Trinajstić information content (AvgIpc) is 2.63. The molecule has 0 saturated heterocycles. The smallest absolute Gasteiger partial charge is 0.332 e. The topological polar surface area (TPSA) is 96.4 Å². The van der Waals surface area contributed by atoms with Crippen LogP contribution in [0, 0.1) is 20.8 Å². The lowest BCUT2D eigenvalue weighted by molar-refractivity contribution is -0.116. The van der Waals surface area contributed by atoms with Crippen LogP contribution >= 0.6 is 0 Å². The van der Waals surface area contributed by atoms with Crippen LogP contribution in [0.3, 0.4) is 0 Å². The Hall–Kier alpha value is -2.95. The van der Waals surface area contributed by atoms with Crippen molar-refractivity contribution in [3.63, 3.8) is 0 Å². The summed E-state index contributed by atoms with van der Waals surface area (Å²) in [7, 11) is -4.66. The number of likely N-dealkylation sites (N-methyl/N-ethyl adjacent to an activating group) is 1. The summed E-state index contributed by atoms with van der Waals surface area (Å²) in [6, 6.07) is 5.77. The fourth-order valence-electron chi connectivity index (χ4n) is 2.93. The number of hydrogen-bond acceptors (Lipinski definition) is 5. The monoisotopic (exact) mass is 443 g/mol. The highest BCUT2D eigenvalue weighted by molar-refractivity contribution is 7.92. The Balaban J connectivity index is 2.25. The molecule has 0 aliphatic carbocycles. The summed E-state index contributed by atoms with van der Waals surface area (Å²) in [5, 5.41) is 1.26. The van der Waals surface area contributed by atoms with Crippen molar-refractivity contribution in [3.8, 4) is 0 Å². The van der Waals surface area contributed by atoms with Crippen molar-refractivity contribution in [1.82, 2.24) is 9.88 Å². The molecule has 0 radical (unpaired) electrons. The molecule has 1 aromatic heterocycles. The summed E-state index contributed by atoms with van der Waals surface area (Å²) in [6.07, 6.45) is 0.838. The van der Waals surface area contributed by atoms with E-state index in [0.717, 1.165) is 39.9 Å². The predicted molar refractivity (Wildman–Crippen MR) is 104 cm³/mol. The molecule has 0 spiro atoms. The molecule has 2 rings (SSSR count). The van der Waals surface area contributed by atoms with Crippen LogP contribution < -0.4 is 5.32 Å². The highest BCUT2D eigenvalue weighted by atomic mass is 32.2. The second-order valence-corrected chi connectivity index (χ2v) is 8.64. The van der Waals surface area contributed by atoms with Gasteiger partial charge in [-0.15, -0.1) is 0 Å².